The van der Waals surface area contributed by atoms with Crippen LogP contribution >= 0.6 is 0 Å². The summed E-state index contributed by atoms with van der Waals surface area (Å²) >= 11 is 0. The van der Waals surface area contributed by atoms with E-state index in [1.54, 1.807) is 13.0 Å². The molecule has 0 aromatic carbocycles. The van der Waals surface area contributed by atoms with Crippen LogP contribution in [0.15, 0.2) is 18.2 Å². The summed E-state index contributed by atoms with van der Waals surface area (Å²) in [7, 11) is 0. The van der Waals surface area contributed by atoms with Crippen LogP contribution in [-0.2, 0) is 13.1 Å². The van der Waals surface area contributed by atoms with Crippen molar-refractivity contribution >= 4 is 0 Å². The van der Waals surface area contributed by atoms with Gasteiger partial charge < -0.3 is 5.32 Å². The maximum Gasteiger partial charge on any atom is 0.401 e. The molecule has 1 rings (SSSR count). The van der Waals surface area contributed by atoms with Crippen molar-refractivity contribution in [1.29, 1.82) is 0 Å². The third kappa shape index (κ3) is 8.02. The molecule has 1 N–H and O–H groups in total. The molecule has 120 valence electrons. The number of alkyl halides is 3. The summed E-state index contributed by atoms with van der Waals surface area (Å²) in [5.74, 6) is 0. The third-order valence-corrected chi connectivity index (χ3v) is 2.90. The summed E-state index contributed by atoms with van der Waals surface area (Å²) in [4.78, 5) is 5.76. The van der Waals surface area contributed by atoms with Gasteiger partial charge in [0.25, 0.3) is 0 Å². The highest BCUT2D eigenvalue weighted by Gasteiger charge is 2.30. The summed E-state index contributed by atoms with van der Waals surface area (Å²) in [6, 6.07) is 5.48. The van der Waals surface area contributed by atoms with Gasteiger partial charge in [0.1, 0.15) is 0 Å². The lowest BCUT2D eigenvalue weighted by Gasteiger charge is -2.22. The van der Waals surface area contributed by atoms with Crippen molar-refractivity contribution in [2.75, 3.05) is 13.1 Å². The molecule has 0 bridgehead atoms. The molecule has 0 fully saturated rings. The molecule has 0 radical (unpaired) electrons. The van der Waals surface area contributed by atoms with Crippen LogP contribution in [0, 0.1) is 0 Å². The maximum atomic E-state index is 12.5. The molecule has 3 nitrogen and oxygen atoms in total. The van der Waals surface area contributed by atoms with Crippen LogP contribution in [0.25, 0.3) is 0 Å². The second kappa shape index (κ2) is 7.22. The first-order chi connectivity index (χ1) is 9.59. The van der Waals surface area contributed by atoms with Gasteiger partial charge in [0, 0.05) is 18.6 Å². The molecule has 6 heteroatoms. The Kier molecular flexibility index (Phi) is 6.16. The van der Waals surface area contributed by atoms with E-state index in [1.165, 1.54) is 4.90 Å². The highest BCUT2D eigenvalue weighted by atomic mass is 19.4. The molecule has 0 aliphatic rings. The minimum atomic E-state index is -4.18. The summed E-state index contributed by atoms with van der Waals surface area (Å²) in [5, 5.41) is 3.31. The average molecular weight is 303 g/mol. The Balaban J connectivity index is 2.66. The van der Waals surface area contributed by atoms with Gasteiger partial charge in [-0.15, -0.1) is 0 Å². The smallest absolute Gasteiger partial charge is 0.306 e. The van der Waals surface area contributed by atoms with Crippen LogP contribution in [-0.4, -0.2) is 34.7 Å². The lowest BCUT2D eigenvalue weighted by Crippen LogP contribution is -2.35. The lowest BCUT2D eigenvalue weighted by molar-refractivity contribution is -0.146. The Labute approximate surface area is 124 Å². The topological polar surface area (TPSA) is 28.2 Å². The van der Waals surface area contributed by atoms with Gasteiger partial charge in [0.05, 0.1) is 17.9 Å². The van der Waals surface area contributed by atoms with Gasteiger partial charge >= 0.3 is 6.18 Å². The fraction of sp³-hybridized carbons (Fsp3) is 0.667. The van der Waals surface area contributed by atoms with E-state index in [1.807, 2.05) is 12.1 Å². The minimum absolute atomic E-state index is 0.0244. The number of aromatic nitrogens is 1. The second-order valence-electron chi connectivity index (χ2n) is 6.14. The van der Waals surface area contributed by atoms with Crippen molar-refractivity contribution in [3.05, 3.63) is 29.6 Å². The first-order valence-electron chi connectivity index (χ1n) is 7.08. The Hall–Kier alpha value is -1.14. The van der Waals surface area contributed by atoms with E-state index >= 15 is 0 Å². The van der Waals surface area contributed by atoms with Gasteiger partial charge in [-0.2, -0.15) is 13.2 Å². The van der Waals surface area contributed by atoms with Crippen molar-refractivity contribution in [3.8, 4) is 0 Å². The Bertz CT molecular complexity index is 439. The fourth-order valence-corrected chi connectivity index (χ4v) is 1.83. The molecule has 0 spiro atoms. The fourth-order valence-electron chi connectivity index (χ4n) is 1.83. The molecular weight excluding hydrogens is 279 g/mol. The van der Waals surface area contributed by atoms with Gasteiger partial charge in [-0.3, -0.25) is 9.88 Å². The van der Waals surface area contributed by atoms with Crippen LogP contribution in [0.1, 0.15) is 39.1 Å². The molecule has 0 amide bonds. The monoisotopic (exact) mass is 303 g/mol. The van der Waals surface area contributed by atoms with Crippen LogP contribution in [0.5, 0.6) is 0 Å². The second-order valence-corrected chi connectivity index (χ2v) is 6.14. The van der Waals surface area contributed by atoms with E-state index < -0.39 is 12.7 Å². The van der Waals surface area contributed by atoms with Gasteiger partial charge in [0.2, 0.25) is 0 Å². The minimum Gasteiger partial charge on any atom is -0.306 e. The zero-order valence-corrected chi connectivity index (χ0v) is 13.1. The maximum absolute atomic E-state index is 12.5. The van der Waals surface area contributed by atoms with Crippen LogP contribution in [0.4, 0.5) is 13.2 Å². The van der Waals surface area contributed by atoms with Crippen molar-refractivity contribution in [2.24, 2.45) is 0 Å². The number of halogens is 3. The molecule has 1 aromatic rings. The van der Waals surface area contributed by atoms with Crippen LogP contribution < -0.4 is 5.32 Å². The Morgan fingerprint density at radius 3 is 2.29 bits per heavy atom. The van der Waals surface area contributed by atoms with Gasteiger partial charge in [0.15, 0.2) is 0 Å². The van der Waals surface area contributed by atoms with Crippen LogP contribution in [0.2, 0.25) is 0 Å². The molecule has 0 saturated carbocycles. The van der Waals surface area contributed by atoms with Crippen molar-refractivity contribution < 1.29 is 13.2 Å². The largest absolute Gasteiger partial charge is 0.401 e. The quantitative estimate of drug-likeness (QED) is 0.873. The summed E-state index contributed by atoms with van der Waals surface area (Å²) in [6.45, 7) is 8.12. The number of hydrogen-bond acceptors (Lipinski definition) is 3. The van der Waals surface area contributed by atoms with E-state index in [-0.39, 0.29) is 12.1 Å². The normalized spacial score (nSPS) is 13.0. The van der Waals surface area contributed by atoms with E-state index in [0.717, 1.165) is 5.69 Å². The Morgan fingerprint density at radius 2 is 1.76 bits per heavy atom. The number of hydrogen-bond donors (Lipinski definition) is 1. The Morgan fingerprint density at radius 1 is 1.14 bits per heavy atom. The molecule has 21 heavy (non-hydrogen) atoms. The van der Waals surface area contributed by atoms with Crippen LogP contribution in [0.3, 0.4) is 0 Å². The average Bonchev–Trinajstić information content (AvgIpc) is 2.33. The van der Waals surface area contributed by atoms with Gasteiger partial charge in [-0.25, -0.2) is 0 Å². The zero-order valence-electron chi connectivity index (χ0n) is 13.1. The summed E-state index contributed by atoms with van der Waals surface area (Å²) in [5.41, 5.74) is 1.48. The van der Waals surface area contributed by atoms with Gasteiger partial charge in [-0.05, 0) is 39.4 Å². The highest BCUT2D eigenvalue weighted by molar-refractivity contribution is 5.11. The number of rotatable bonds is 6. The predicted molar refractivity (Wildman–Crippen MR) is 77.8 cm³/mol. The third-order valence-electron chi connectivity index (χ3n) is 2.90. The number of nitrogens with one attached hydrogen (secondary N) is 1. The van der Waals surface area contributed by atoms with Gasteiger partial charge in [-0.1, -0.05) is 13.0 Å². The lowest BCUT2D eigenvalue weighted by atomic mass is 10.1. The molecule has 0 unspecified atom stereocenters. The predicted octanol–water partition coefficient (Wildman–Crippen LogP) is 3.35. The summed E-state index contributed by atoms with van der Waals surface area (Å²) in [6.07, 6.45) is -4.18. The van der Waals surface area contributed by atoms with E-state index in [9.17, 15) is 13.2 Å². The first kappa shape index (κ1) is 17.9. The summed E-state index contributed by atoms with van der Waals surface area (Å²) < 4.78 is 37.4. The first-order valence-corrected chi connectivity index (χ1v) is 7.08. The molecule has 1 aromatic heterocycles. The molecule has 0 atom stereocenters. The zero-order chi connectivity index (χ0) is 16.1. The molecule has 1 heterocycles. The molecule has 0 saturated heterocycles. The highest BCUT2D eigenvalue weighted by Crippen LogP contribution is 2.17. The SMILES string of the molecule is CCN(Cc1cccc(CNC(C)(C)C)n1)CC(F)(F)F. The van der Waals surface area contributed by atoms with Crippen molar-refractivity contribution in [1.82, 2.24) is 15.2 Å². The number of pyridine rings is 1. The molecule has 0 aliphatic carbocycles. The van der Waals surface area contributed by atoms with Crippen molar-refractivity contribution in [2.45, 2.75) is 52.5 Å². The number of nitrogens with zero attached hydrogens (tertiary/aromatic N) is 2. The standard InChI is InChI=1S/C15H24F3N3/c1-5-21(11-15(16,17)18)10-13-8-6-7-12(20-13)9-19-14(2,3)4/h6-8,19H,5,9-11H2,1-4H3. The van der Waals surface area contributed by atoms with E-state index in [4.69, 9.17) is 0 Å². The molecule has 0 aliphatic heterocycles. The van der Waals surface area contributed by atoms with Crippen molar-refractivity contribution in [3.63, 3.8) is 0 Å². The van der Waals surface area contributed by atoms with E-state index in [2.05, 4.69) is 31.1 Å². The van der Waals surface area contributed by atoms with E-state index in [0.29, 0.717) is 18.8 Å². The molecular formula is C15H24F3N3.